The molecule has 0 radical (unpaired) electrons. The van der Waals surface area contributed by atoms with Gasteiger partial charge in [-0.25, -0.2) is 4.39 Å². The average Bonchev–Trinajstić information content (AvgIpc) is 2.54. The van der Waals surface area contributed by atoms with Crippen molar-refractivity contribution in [2.45, 2.75) is 6.61 Å². The zero-order chi connectivity index (χ0) is 16.7. The highest BCUT2D eigenvalue weighted by molar-refractivity contribution is 7.80. The molecule has 0 spiro atoms. The lowest BCUT2D eigenvalue weighted by Crippen LogP contribution is -2.82. The van der Waals surface area contributed by atoms with E-state index in [1.54, 1.807) is 37.6 Å². The van der Waals surface area contributed by atoms with Crippen molar-refractivity contribution in [3.63, 3.8) is 0 Å². The summed E-state index contributed by atoms with van der Waals surface area (Å²) in [5, 5.41) is 2.91. The van der Waals surface area contributed by atoms with E-state index in [1.165, 1.54) is 12.1 Å². The molecule has 2 aromatic carbocycles. The van der Waals surface area contributed by atoms with Crippen LogP contribution >= 0.6 is 12.2 Å². The summed E-state index contributed by atoms with van der Waals surface area (Å²) in [7, 11) is 1.56. The Bertz CT molecular complexity index is 705. The number of thiocarbonyl (C=S) groups is 1. The molecule has 0 aliphatic heterocycles. The highest BCUT2D eigenvalue weighted by Gasteiger charge is 2.07. The zero-order valence-electron chi connectivity index (χ0n) is 12.5. The van der Waals surface area contributed by atoms with Gasteiger partial charge in [-0.15, -0.1) is 10.5 Å². The molecule has 5 nitrogen and oxygen atoms in total. The van der Waals surface area contributed by atoms with Gasteiger partial charge in [-0.2, -0.15) is 0 Å². The van der Waals surface area contributed by atoms with E-state index in [-0.39, 0.29) is 10.9 Å². The van der Waals surface area contributed by atoms with E-state index < -0.39 is 0 Å². The SMILES string of the molecule is COc1cc(C=[NH+]NC(N)=S)ccc1OCc1ccc(F)cc1. The highest BCUT2D eigenvalue weighted by Crippen LogP contribution is 2.28. The number of methoxy groups -OCH3 is 1. The normalized spacial score (nSPS) is 10.5. The average molecular weight is 334 g/mol. The lowest BCUT2D eigenvalue weighted by Gasteiger charge is -2.11. The molecule has 0 saturated heterocycles. The van der Waals surface area contributed by atoms with Gasteiger partial charge in [0.25, 0.3) is 0 Å². The first kappa shape index (κ1) is 16.7. The Kier molecular flexibility index (Phi) is 5.87. The molecule has 0 fully saturated rings. The molecule has 4 N–H and O–H groups in total. The van der Waals surface area contributed by atoms with Gasteiger partial charge >= 0.3 is 0 Å². The fourth-order valence-corrected chi connectivity index (χ4v) is 1.88. The second kappa shape index (κ2) is 8.09. The molecule has 120 valence electrons. The number of nitrogens with two attached hydrogens (primary N) is 1. The van der Waals surface area contributed by atoms with Crippen LogP contribution in [-0.2, 0) is 6.61 Å². The predicted molar refractivity (Wildman–Crippen MR) is 89.8 cm³/mol. The number of hydrogen-bond donors (Lipinski definition) is 3. The van der Waals surface area contributed by atoms with Crippen molar-refractivity contribution in [1.29, 1.82) is 0 Å². The Morgan fingerprint density at radius 1 is 1.26 bits per heavy atom. The van der Waals surface area contributed by atoms with Crippen LogP contribution in [0.15, 0.2) is 42.5 Å². The molecule has 0 bridgehead atoms. The van der Waals surface area contributed by atoms with E-state index in [0.717, 1.165) is 11.1 Å². The molecule has 0 heterocycles. The first-order chi connectivity index (χ1) is 11.1. The lowest BCUT2D eigenvalue weighted by molar-refractivity contribution is -0.499. The molecular weight excluding hydrogens is 317 g/mol. The molecule has 0 unspecified atom stereocenters. The quantitative estimate of drug-likeness (QED) is 0.411. The summed E-state index contributed by atoms with van der Waals surface area (Å²) in [4.78, 5) is 0. The number of nitrogens with one attached hydrogen (secondary N) is 2. The van der Waals surface area contributed by atoms with Gasteiger partial charge < -0.3 is 15.2 Å². The van der Waals surface area contributed by atoms with Crippen molar-refractivity contribution >= 4 is 23.5 Å². The molecule has 0 amide bonds. The topological polar surface area (TPSA) is 70.5 Å². The third-order valence-electron chi connectivity index (χ3n) is 2.93. The summed E-state index contributed by atoms with van der Waals surface area (Å²) in [5.74, 6) is 0.901. The van der Waals surface area contributed by atoms with Gasteiger partial charge in [0.1, 0.15) is 12.4 Å². The third kappa shape index (κ3) is 5.23. The van der Waals surface area contributed by atoms with Gasteiger partial charge in [0.2, 0.25) is 5.11 Å². The van der Waals surface area contributed by atoms with Crippen LogP contribution in [-0.4, -0.2) is 18.4 Å². The lowest BCUT2D eigenvalue weighted by atomic mass is 10.2. The second-order valence-corrected chi connectivity index (χ2v) is 5.04. The van der Waals surface area contributed by atoms with Crippen molar-refractivity contribution in [3.05, 3.63) is 59.4 Å². The predicted octanol–water partition coefficient (Wildman–Crippen LogP) is 0.661. The minimum atomic E-state index is -0.274. The summed E-state index contributed by atoms with van der Waals surface area (Å²) in [6, 6.07) is 11.6. The number of benzene rings is 2. The first-order valence-corrected chi connectivity index (χ1v) is 7.19. The Morgan fingerprint density at radius 2 is 2.00 bits per heavy atom. The maximum absolute atomic E-state index is 12.9. The molecule has 0 atom stereocenters. The van der Waals surface area contributed by atoms with E-state index in [2.05, 4.69) is 22.7 Å². The van der Waals surface area contributed by atoms with Crippen LogP contribution < -0.4 is 25.7 Å². The van der Waals surface area contributed by atoms with Crippen molar-refractivity contribution in [1.82, 2.24) is 5.43 Å². The molecule has 2 aromatic rings. The van der Waals surface area contributed by atoms with Gasteiger partial charge in [-0.05, 0) is 48.1 Å². The maximum Gasteiger partial charge on any atom is 0.221 e. The molecular formula is C16H17FN3O2S+. The first-order valence-electron chi connectivity index (χ1n) is 6.78. The van der Waals surface area contributed by atoms with Crippen molar-refractivity contribution in [2.24, 2.45) is 5.73 Å². The number of rotatable bonds is 6. The largest absolute Gasteiger partial charge is 0.493 e. The van der Waals surface area contributed by atoms with Gasteiger partial charge in [-0.3, -0.25) is 0 Å². The molecule has 0 saturated carbocycles. The number of halogens is 1. The number of hydrazine groups is 1. The number of ether oxygens (including phenoxy) is 2. The highest BCUT2D eigenvalue weighted by atomic mass is 32.1. The molecule has 23 heavy (non-hydrogen) atoms. The van der Waals surface area contributed by atoms with Gasteiger partial charge in [-0.1, -0.05) is 12.1 Å². The summed E-state index contributed by atoms with van der Waals surface area (Å²) >= 11 is 4.69. The molecule has 0 aliphatic carbocycles. The van der Waals surface area contributed by atoms with Crippen molar-refractivity contribution in [2.75, 3.05) is 7.11 Å². The Morgan fingerprint density at radius 3 is 2.65 bits per heavy atom. The van der Waals surface area contributed by atoms with Crippen molar-refractivity contribution in [3.8, 4) is 11.5 Å². The maximum atomic E-state index is 12.9. The van der Waals surface area contributed by atoms with E-state index >= 15 is 0 Å². The minimum absolute atomic E-state index is 0.146. The summed E-state index contributed by atoms with van der Waals surface area (Å²) in [6.07, 6.45) is 1.69. The second-order valence-electron chi connectivity index (χ2n) is 4.60. The number of hydrazone groups is 1. The van der Waals surface area contributed by atoms with Gasteiger partial charge in [0.15, 0.2) is 17.7 Å². The van der Waals surface area contributed by atoms with Crippen LogP contribution in [0.25, 0.3) is 0 Å². The van der Waals surface area contributed by atoms with Crippen LogP contribution in [0.4, 0.5) is 4.39 Å². The van der Waals surface area contributed by atoms with Crippen LogP contribution in [0.2, 0.25) is 0 Å². The third-order valence-corrected chi connectivity index (χ3v) is 3.03. The van der Waals surface area contributed by atoms with E-state index in [9.17, 15) is 4.39 Å². The summed E-state index contributed by atoms with van der Waals surface area (Å²) < 4.78 is 23.9. The van der Waals surface area contributed by atoms with Crippen LogP contribution in [0, 0.1) is 5.82 Å². The molecule has 0 aliphatic rings. The summed E-state index contributed by atoms with van der Waals surface area (Å²) in [5.41, 5.74) is 9.62. The monoisotopic (exact) mass is 334 g/mol. The number of hydrogen-bond acceptors (Lipinski definition) is 3. The fraction of sp³-hybridized carbons (Fsp3) is 0.125. The van der Waals surface area contributed by atoms with Crippen molar-refractivity contribution < 1.29 is 19.0 Å². The standard InChI is InChI=1S/C16H16FN3O2S/c1-21-15-8-12(9-19-20-16(18)23)4-7-14(15)22-10-11-2-5-13(17)6-3-11/h2-9H,10H2,1H3,(H3,18,20,23)/p+1. The van der Waals surface area contributed by atoms with Gasteiger partial charge in [0, 0.05) is 5.56 Å². The summed E-state index contributed by atoms with van der Waals surface area (Å²) in [6.45, 7) is 0.320. The zero-order valence-corrected chi connectivity index (χ0v) is 13.3. The Hall–Kier alpha value is -2.67. The van der Waals surface area contributed by atoms with Crippen LogP contribution in [0.3, 0.4) is 0 Å². The minimum Gasteiger partial charge on any atom is -0.493 e. The van der Waals surface area contributed by atoms with E-state index in [1.807, 2.05) is 6.07 Å². The molecule has 0 aromatic heterocycles. The smallest absolute Gasteiger partial charge is 0.221 e. The van der Waals surface area contributed by atoms with E-state index in [4.69, 9.17) is 15.2 Å². The fourth-order valence-electron chi connectivity index (χ4n) is 1.83. The van der Waals surface area contributed by atoms with E-state index in [0.29, 0.717) is 18.1 Å². The van der Waals surface area contributed by atoms with Crippen LogP contribution in [0.5, 0.6) is 11.5 Å². The Balaban J connectivity index is 2.05. The molecule has 7 heteroatoms. The van der Waals surface area contributed by atoms with Gasteiger partial charge in [0.05, 0.1) is 7.11 Å². The molecule has 2 rings (SSSR count). The Labute approximate surface area is 138 Å². The van der Waals surface area contributed by atoms with Crippen LogP contribution in [0.1, 0.15) is 11.1 Å².